The monoisotopic (exact) mass is 262 g/mol. The van der Waals surface area contributed by atoms with Crippen LogP contribution in [0.4, 0.5) is 0 Å². The summed E-state index contributed by atoms with van der Waals surface area (Å²) in [6.07, 6.45) is 7.74. The molecule has 0 amide bonds. The van der Waals surface area contributed by atoms with Gasteiger partial charge in [0.2, 0.25) is 0 Å². The first-order valence-corrected chi connectivity index (χ1v) is 7.56. The fourth-order valence-corrected chi connectivity index (χ4v) is 1.23. The van der Waals surface area contributed by atoms with Crippen LogP contribution in [0.2, 0.25) is 0 Å². The Bertz CT molecular complexity index is 141. The van der Waals surface area contributed by atoms with E-state index < -0.39 is 5.79 Å². The Morgan fingerprint density at radius 2 is 1.22 bits per heavy atom. The number of hydrogen-bond donors (Lipinski definition) is 2. The zero-order chi connectivity index (χ0) is 14.3. The number of hydrogen-bond acceptors (Lipinski definition) is 3. The van der Waals surface area contributed by atoms with Crippen molar-refractivity contribution in [2.24, 2.45) is 0 Å². The second-order valence-corrected chi connectivity index (χ2v) is 4.76. The van der Waals surface area contributed by atoms with Gasteiger partial charge in [0, 0.05) is 19.6 Å². The van der Waals surface area contributed by atoms with Gasteiger partial charge in [0.15, 0.2) is 5.79 Å². The minimum atomic E-state index is -1.41. The van der Waals surface area contributed by atoms with Crippen molar-refractivity contribution in [2.45, 2.75) is 84.8 Å². The summed E-state index contributed by atoms with van der Waals surface area (Å²) in [6, 6.07) is 0. The Labute approximate surface area is 114 Å². The van der Waals surface area contributed by atoms with Crippen molar-refractivity contribution in [1.29, 1.82) is 0 Å². The molecule has 0 heterocycles. The Morgan fingerprint density at radius 3 is 1.56 bits per heavy atom. The highest BCUT2D eigenvalue weighted by Crippen LogP contribution is 2.13. The average Bonchev–Trinajstić information content (AvgIpc) is 2.37. The molecule has 3 heteroatoms. The molecule has 0 fully saturated rings. The maximum absolute atomic E-state index is 9.01. The van der Waals surface area contributed by atoms with E-state index in [1.54, 1.807) is 6.92 Å². The lowest BCUT2D eigenvalue weighted by Crippen LogP contribution is -2.26. The van der Waals surface area contributed by atoms with Crippen LogP contribution in [0.3, 0.4) is 0 Å². The zero-order valence-electron chi connectivity index (χ0n) is 12.9. The van der Waals surface area contributed by atoms with Crippen LogP contribution in [0.1, 0.15) is 79.1 Å². The first-order chi connectivity index (χ1) is 8.54. The Balaban J connectivity index is 0. The van der Waals surface area contributed by atoms with E-state index in [0.29, 0.717) is 12.8 Å². The Morgan fingerprint density at radius 1 is 0.778 bits per heavy atom. The molecule has 18 heavy (non-hydrogen) atoms. The molecule has 0 bridgehead atoms. The van der Waals surface area contributed by atoms with Gasteiger partial charge in [-0.25, -0.2) is 0 Å². The van der Waals surface area contributed by atoms with Gasteiger partial charge in [-0.05, 0) is 25.7 Å². The zero-order valence-corrected chi connectivity index (χ0v) is 12.9. The van der Waals surface area contributed by atoms with Crippen LogP contribution in [-0.2, 0) is 4.74 Å². The fraction of sp³-hybridized carbons (Fsp3) is 1.00. The van der Waals surface area contributed by atoms with Crippen LogP contribution in [0.5, 0.6) is 0 Å². The van der Waals surface area contributed by atoms with Gasteiger partial charge >= 0.3 is 0 Å². The van der Waals surface area contributed by atoms with E-state index in [-0.39, 0.29) is 0 Å². The molecule has 0 aromatic rings. The van der Waals surface area contributed by atoms with E-state index in [0.717, 1.165) is 26.1 Å². The highest BCUT2D eigenvalue weighted by Gasteiger charge is 2.17. The first-order valence-electron chi connectivity index (χ1n) is 7.56. The van der Waals surface area contributed by atoms with Gasteiger partial charge in [0.05, 0.1) is 0 Å². The smallest absolute Gasteiger partial charge is 0.162 e. The fourth-order valence-electron chi connectivity index (χ4n) is 1.23. The minimum absolute atomic E-state index is 0.424. The molecule has 0 aromatic heterocycles. The molecule has 3 nitrogen and oxygen atoms in total. The summed E-state index contributed by atoms with van der Waals surface area (Å²) in [7, 11) is 0. The molecule has 0 aromatic carbocycles. The summed E-state index contributed by atoms with van der Waals surface area (Å²) >= 11 is 0. The lowest BCUT2D eigenvalue weighted by molar-refractivity contribution is -0.167. The second-order valence-electron chi connectivity index (χ2n) is 4.76. The van der Waals surface area contributed by atoms with E-state index in [1.165, 1.54) is 25.7 Å². The normalized spacial score (nSPS) is 11.0. The standard InChI is InChI=1S/C8H18O.C7H16O2/c1-3-5-7-9-8-6-4-2;1-3-5-6-7(8,9)4-2/h3-8H2,1-2H3;8-9H,3-6H2,1-2H3. The van der Waals surface area contributed by atoms with E-state index in [9.17, 15) is 0 Å². The quantitative estimate of drug-likeness (QED) is 0.464. The van der Waals surface area contributed by atoms with Crippen molar-refractivity contribution in [2.75, 3.05) is 13.2 Å². The van der Waals surface area contributed by atoms with Gasteiger partial charge in [0.1, 0.15) is 0 Å². The molecule has 0 atom stereocenters. The highest BCUT2D eigenvalue weighted by atomic mass is 16.5. The molecule has 0 radical (unpaired) electrons. The number of unbranched alkanes of at least 4 members (excludes halogenated alkanes) is 3. The third kappa shape index (κ3) is 18.3. The molecule has 0 rings (SSSR count). The third-order valence-electron chi connectivity index (χ3n) is 2.78. The summed E-state index contributed by atoms with van der Waals surface area (Å²) in [5.74, 6) is -1.41. The Hall–Kier alpha value is -0.120. The molecule has 0 saturated heterocycles. The van der Waals surface area contributed by atoms with E-state index in [2.05, 4.69) is 13.8 Å². The SMILES string of the molecule is CCCCC(O)(O)CC.CCCCOCCCC. The predicted octanol–water partition coefficient (Wildman–Crippen LogP) is 3.87. The van der Waals surface area contributed by atoms with Gasteiger partial charge in [-0.15, -0.1) is 0 Å². The van der Waals surface area contributed by atoms with Crippen LogP contribution in [-0.4, -0.2) is 29.2 Å². The van der Waals surface area contributed by atoms with Crippen molar-refractivity contribution < 1.29 is 14.9 Å². The van der Waals surface area contributed by atoms with Crippen molar-refractivity contribution in [3.63, 3.8) is 0 Å². The minimum Gasteiger partial charge on any atom is -0.381 e. The first kappa shape index (κ1) is 20.2. The largest absolute Gasteiger partial charge is 0.381 e. The number of aliphatic hydroxyl groups is 2. The maximum Gasteiger partial charge on any atom is 0.162 e. The molecule has 0 saturated carbocycles. The lowest BCUT2D eigenvalue weighted by Gasteiger charge is -2.18. The van der Waals surface area contributed by atoms with Crippen LogP contribution in [0.15, 0.2) is 0 Å². The summed E-state index contributed by atoms with van der Waals surface area (Å²) in [6.45, 7) is 10.1. The molecule has 2 N–H and O–H groups in total. The second kappa shape index (κ2) is 14.9. The lowest BCUT2D eigenvalue weighted by atomic mass is 10.1. The van der Waals surface area contributed by atoms with Crippen LogP contribution in [0, 0.1) is 0 Å². The molecule has 0 spiro atoms. The molecule has 0 aliphatic rings. The van der Waals surface area contributed by atoms with Crippen LogP contribution < -0.4 is 0 Å². The number of rotatable bonds is 10. The highest BCUT2D eigenvalue weighted by molar-refractivity contribution is 4.60. The van der Waals surface area contributed by atoms with E-state index in [4.69, 9.17) is 14.9 Å². The van der Waals surface area contributed by atoms with E-state index >= 15 is 0 Å². The van der Waals surface area contributed by atoms with Gasteiger partial charge in [-0.1, -0.05) is 47.0 Å². The van der Waals surface area contributed by atoms with Crippen molar-refractivity contribution >= 4 is 0 Å². The predicted molar refractivity (Wildman–Crippen MR) is 77.6 cm³/mol. The molecular formula is C15H34O3. The summed E-state index contributed by atoms with van der Waals surface area (Å²) < 4.78 is 5.31. The molecule has 0 aliphatic carbocycles. The number of ether oxygens (including phenoxy) is 1. The van der Waals surface area contributed by atoms with Gasteiger partial charge < -0.3 is 14.9 Å². The Kier molecular flexibility index (Phi) is 16.8. The van der Waals surface area contributed by atoms with Crippen molar-refractivity contribution in [3.8, 4) is 0 Å². The third-order valence-corrected chi connectivity index (χ3v) is 2.78. The summed E-state index contributed by atoms with van der Waals surface area (Å²) in [5, 5.41) is 18.0. The molecule has 0 aliphatic heterocycles. The van der Waals surface area contributed by atoms with Crippen molar-refractivity contribution in [1.82, 2.24) is 0 Å². The van der Waals surface area contributed by atoms with Gasteiger partial charge in [0.25, 0.3) is 0 Å². The molecule has 112 valence electrons. The summed E-state index contributed by atoms with van der Waals surface area (Å²) in [4.78, 5) is 0. The van der Waals surface area contributed by atoms with E-state index in [1.807, 2.05) is 6.92 Å². The van der Waals surface area contributed by atoms with Crippen LogP contribution >= 0.6 is 0 Å². The molecular weight excluding hydrogens is 228 g/mol. The summed E-state index contributed by atoms with van der Waals surface area (Å²) in [5.41, 5.74) is 0. The topological polar surface area (TPSA) is 49.7 Å². The van der Waals surface area contributed by atoms with Crippen LogP contribution in [0.25, 0.3) is 0 Å². The van der Waals surface area contributed by atoms with Gasteiger partial charge in [-0.3, -0.25) is 0 Å². The average molecular weight is 262 g/mol. The van der Waals surface area contributed by atoms with Gasteiger partial charge in [-0.2, -0.15) is 0 Å². The molecule has 0 unspecified atom stereocenters. The maximum atomic E-state index is 9.01. The van der Waals surface area contributed by atoms with Crippen molar-refractivity contribution in [3.05, 3.63) is 0 Å².